The van der Waals surface area contributed by atoms with Gasteiger partial charge < -0.3 is 25.1 Å². The van der Waals surface area contributed by atoms with Gasteiger partial charge in [-0.25, -0.2) is 14.8 Å². The summed E-state index contributed by atoms with van der Waals surface area (Å²) in [4.78, 5) is 20.9. The van der Waals surface area contributed by atoms with Crippen molar-refractivity contribution in [1.29, 1.82) is 0 Å². The van der Waals surface area contributed by atoms with Gasteiger partial charge in [-0.15, -0.1) is 0 Å². The molecule has 0 radical (unpaired) electrons. The van der Waals surface area contributed by atoms with Gasteiger partial charge in [0.25, 0.3) is 0 Å². The van der Waals surface area contributed by atoms with Gasteiger partial charge in [0.2, 0.25) is 5.89 Å². The lowest BCUT2D eigenvalue weighted by atomic mass is 10.1. The zero-order chi connectivity index (χ0) is 21.2. The maximum absolute atomic E-state index is 12.0. The van der Waals surface area contributed by atoms with Crippen LogP contribution in [0, 0.1) is 13.8 Å². The van der Waals surface area contributed by atoms with E-state index in [1.807, 2.05) is 41.5 Å². The van der Waals surface area contributed by atoms with Crippen molar-refractivity contribution in [3.63, 3.8) is 0 Å². The van der Waals surface area contributed by atoms with E-state index >= 15 is 0 Å². The van der Waals surface area contributed by atoms with E-state index < -0.39 is 11.7 Å². The second kappa shape index (κ2) is 11.6. The Balaban J connectivity index is 2.71. The molecule has 0 aromatic carbocycles. The summed E-state index contributed by atoms with van der Waals surface area (Å²) in [5, 5.41) is 9.47. The number of nitrogens with zero attached hydrogens (tertiary/aromatic N) is 2. The molecule has 1 aromatic heterocycles. The first-order chi connectivity index (χ1) is 13.1. The number of oxazole rings is 1. The molecule has 1 aromatic rings. The molecule has 0 fully saturated rings. The van der Waals surface area contributed by atoms with Gasteiger partial charge in [0, 0.05) is 19.1 Å². The lowest BCUT2D eigenvalue weighted by molar-refractivity contribution is 0.0522. The van der Waals surface area contributed by atoms with Gasteiger partial charge in [0.15, 0.2) is 5.96 Å². The number of rotatable bonds is 9. The second-order valence-corrected chi connectivity index (χ2v) is 7.81. The third-order valence-corrected chi connectivity index (χ3v) is 3.93. The van der Waals surface area contributed by atoms with E-state index in [4.69, 9.17) is 9.15 Å². The van der Waals surface area contributed by atoms with Crippen LogP contribution < -0.4 is 16.0 Å². The molecule has 0 aliphatic heterocycles. The SMILES string of the molecule is CCCCC(CNC(=O)OC(C)(C)C)NC(=NCc1nc(C)c(C)o1)NCC. The minimum atomic E-state index is -0.515. The van der Waals surface area contributed by atoms with Crippen LogP contribution in [-0.4, -0.2) is 41.8 Å². The van der Waals surface area contributed by atoms with Gasteiger partial charge in [0.1, 0.15) is 17.9 Å². The number of hydrogen-bond donors (Lipinski definition) is 3. The molecule has 0 bridgehead atoms. The van der Waals surface area contributed by atoms with Crippen molar-refractivity contribution in [2.75, 3.05) is 13.1 Å². The fourth-order valence-electron chi connectivity index (χ4n) is 2.46. The highest BCUT2D eigenvalue weighted by atomic mass is 16.6. The lowest BCUT2D eigenvalue weighted by Gasteiger charge is -2.24. The molecular weight excluding hydrogens is 358 g/mol. The van der Waals surface area contributed by atoms with Crippen molar-refractivity contribution < 1.29 is 13.9 Å². The first-order valence-electron chi connectivity index (χ1n) is 10.1. The van der Waals surface area contributed by atoms with Gasteiger partial charge in [-0.3, -0.25) is 0 Å². The molecule has 1 heterocycles. The predicted molar refractivity (Wildman–Crippen MR) is 111 cm³/mol. The molecule has 1 rings (SSSR count). The van der Waals surface area contributed by atoms with Crippen LogP contribution in [0.2, 0.25) is 0 Å². The third kappa shape index (κ3) is 9.62. The summed E-state index contributed by atoms with van der Waals surface area (Å²) in [6, 6.07) is 0.0401. The van der Waals surface area contributed by atoms with Crippen LogP contribution in [-0.2, 0) is 11.3 Å². The average Bonchev–Trinajstić information content (AvgIpc) is 2.91. The molecule has 8 nitrogen and oxygen atoms in total. The number of aromatic nitrogens is 1. The van der Waals surface area contributed by atoms with Crippen molar-refractivity contribution >= 4 is 12.1 Å². The number of carbonyl (C=O) groups excluding carboxylic acids is 1. The van der Waals surface area contributed by atoms with Crippen LogP contribution in [0.4, 0.5) is 4.79 Å². The fourth-order valence-corrected chi connectivity index (χ4v) is 2.46. The van der Waals surface area contributed by atoms with Gasteiger partial charge in [-0.05, 0) is 48.0 Å². The minimum Gasteiger partial charge on any atom is -0.444 e. The zero-order valence-electron chi connectivity index (χ0n) is 18.4. The monoisotopic (exact) mass is 395 g/mol. The van der Waals surface area contributed by atoms with Crippen molar-refractivity contribution in [2.24, 2.45) is 4.99 Å². The number of aryl methyl sites for hydroxylation is 2. The van der Waals surface area contributed by atoms with Crippen LogP contribution in [0.15, 0.2) is 9.41 Å². The number of guanidine groups is 1. The highest BCUT2D eigenvalue weighted by Gasteiger charge is 2.18. The van der Waals surface area contributed by atoms with E-state index in [0.717, 1.165) is 37.3 Å². The van der Waals surface area contributed by atoms with Crippen LogP contribution >= 0.6 is 0 Å². The summed E-state index contributed by atoms with van der Waals surface area (Å²) in [6.45, 7) is 15.0. The first-order valence-corrected chi connectivity index (χ1v) is 10.1. The summed E-state index contributed by atoms with van der Waals surface area (Å²) in [5.41, 5.74) is 0.365. The molecule has 160 valence electrons. The van der Waals surface area contributed by atoms with Crippen molar-refractivity contribution in [1.82, 2.24) is 20.9 Å². The van der Waals surface area contributed by atoms with Crippen LogP contribution in [0.5, 0.6) is 0 Å². The summed E-state index contributed by atoms with van der Waals surface area (Å²) in [6.07, 6.45) is 2.62. The van der Waals surface area contributed by atoms with Crippen LogP contribution in [0.25, 0.3) is 0 Å². The Morgan fingerprint density at radius 3 is 2.50 bits per heavy atom. The molecule has 8 heteroatoms. The fraction of sp³-hybridized carbons (Fsp3) is 0.750. The van der Waals surface area contributed by atoms with E-state index in [-0.39, 0.29) is 6.04 Å². The molecule has 0 saturated heterocycles. The van der Waals surface area contributed by atoms with E-state index in [1.54, 1.807) is 0 Å². The molecule has 0 aliphatic rings. The second-order valence-electron chi connectivity index (χ2n) is 7.81. The third-order valence-electron chi connectivity index (χ3n) is 3.93. The quantitative estimate of drug-likeness (QED) is 0.437. The first kappa shape index (κ1) is 23.8. The Morgan fingerprint density at radius 2 is 1.96 bits per heavy atom. The van der Waals surface area contributed by atoms with Crippen molar-refractivity contribution in [3.8, 4) is 0 Å². The van der Waals surface area contributed by atoms with Gasteiger partial charge in [0.05, 0.1) is 5.69 Å². The Morgan fingerprint density at radius 1 is 1.25 bits per heavy atom. The normalized spacial score (nSPS) is 13.2. The molecule has 1 amide bonds. The number of nitrogens with one attached hydrogen (secondary N) is 3. The zero-order valence-corrected chi connectivity index (χ0v) is 18.4. The number of carbonyl (C=O) groups is 1. The number of unbranched alkanes of at least 4 members (excludes halogenated alkanes) is 1. The number of amides is 1. The van der Waals surface area contributed by atoms with Gasteiger partial charge in [-0.1, -0.05) is 19.8 Å². The molecule has 3 N–H and O–H groups in total. The highest BCUT2D eigenvalue weighted by Crippen LogP contribution is 2.09. The summed E-state index contributed by atoms with van der Waals surface area (Å²) in [5.74, 6) is 2.07. The average molecular weight is 396 g/mol. The van der Waals surface area contributed by atoms with E-state index in [9.17, 15) is 4.79 Å². The highest BCUT2D eigenvalue weighted by molar-refractivity contribution is 5.80. The predicted octanol–water partition coefficient (Wildman–Crippen LogP) is 3.43. The molecule has 1 unspecified atom stereocenters. The van der Waals surface area contributed by atoms with Crippen molar-refractivity contribution in [3.05, 3.63) is 17.3 Å². The van der Waals surface area contributed by atoms with Crippen molar-refractivity contribution in [2.45, 2.75) is 85.9 Å². The number of aliphatic imine (C=N–C) groups is 1. The summed E-state index contributed by atoms with van der Waals surface area (Å²) in [7, 11) is 0. The summed E-state index contributed by atoms with van der Waals surface area (Å²) < 4.78 is 10.9. The van der Waals surface area contributed by atoms with E-state index in [2.05, 4.69) is 32.9 Å². The molecule has 1 atom stereocenters. The standard InChI is InChI=1S/C20H37N5O3/c1-8-10-11-16(12-23-19(26)28-20(5,6)7)25-18(21-9-2)22-13-17-24-14(3)15(4)27-17/h16H,8-13H2,1-7H3,(H,23,26)(H2,21,22,25). The molecule has 0 saturated carbocycles. The Kier molecular flexibility index (Phi) is 9.82. The Labute approximate surface area is 168 Å². The van der Waals surface area contributed by atoms with E-state index in [1.165, 1.54) is 0 Å². The maximum atomic E-state index is 12.0. The van der Waals surface area contributed by atoms with Gasteiger partial charge in [-0.2, -0.15) is 0 Å². The molecule has 28 heavy (non-hydrogen) atoms. The Bertz CT molecular complexity index is 615. The molecule has 0 aliphatic carbocycles. The Hall–Kier alpha value is -2.25. The smallest absolute Gasteiger partial charge is 0.407 e. The van der Waals surface area contributed by atoms with Crippen LogP contribution in [0.1, 0.15) is 71.2 Å². The summed E-state index contributed by atoms with van der Waals surface area (Å²) >= 11 is 0. The largest absolute Gasteiger partial charge is 0.444 e. The molecular formula is C20H37N5O3. The number of alkyl carbamates (subject to hydrolysis) is 1. The van der Waals surface area contributed by atoms with E-state index in [0.29, 0.717) is 24.9 Å². The molecule has 0 spiro atoms. The van der Waals surface area contributed by atoms with Gasteiger partial charge >= 0.3 is 6.09 Å². The topological polar surface area (TPSA) is 101 Å². The number of hydrogen-bond acceptors (Lipinski definition) is 5. The van der Waals surface area contributed by atoms with Crippen LogP contribution in [0.3, 0.4) is 0 Å². The minimum absolute atomic E-state index is 0.0401. The number of ether oxygens (including phenoxy) is 1. The lowest BCUT2D eigenvalue weighted by Crippen LogP contribution is -2.49. The maximum Gasteiger partial charge on any atom is 0.407 e.